The molecule has 1 amide bonds. The molecule has 0 heterocycles. The molecule has 0 spiro atoms. The number of carbonyl (C=O) groups is 1. The summed E-state index contributed by atoms with van der Waals surface area (Å²) in [5, 5.41) is 3.69. The summed E-state index contributed by atoms with van der Waals surface area (Å²) < 4.78 is 0. The number of aryl methyl sites for hydroxylation is 2. The minimum Gasteiger partial charge on any atom is -0.339 e. The van der Waals surface area contributed by atoms with Crippen LogP contribution in [0.5, 0.6) is 0 Å². The fourth-order valence-electron chi connectivity index (χ4n) is 4.77. The van der Waals surface area contributed by atoms with Gasteiger partial charge in [0.2, 0.25) is 0 Å². The van der Waals surface area contributed by atoms with Gasteiger partial charge in [-0.15, -0.1) is 0 Å². The monoisotopic (exact) mass is 552 g/mol. The Morgan fingerprint density at radius 2 is 0.976 bits per heavy atom. The van der Waals surface area contributed by atoms with Crippen LogP contribution in [0.4, 0.5) is 22.7 Å². The molecule has 1 N–H and O–H groups in total. The summed E-state index contributed by atoms with van der Waals surface area (Å²) in [7, 11) is 4.02. The summed E-state index contributed by atoms with van der Waals surface area (Å²) in [6.45, 7) is 4.12. The van der Waals surface area contributed by atoms with E-state index in [2.05, 4.69) is 58.4 Å². The minimum absolute atomic E-state index is 0.137. The van der Waals surface area contributed by atoms with Crippen LogP contribution in [-0.4, -0.2) is 20.0 Å². The minimum atomic E-state index is -0.137. The molecule has 5 nitrogen and oxygen atoms in total. The van der Waals surface area contributed by atoms with Crippen LogP contribution in [-0.2, 0) is 0 Å². The Hall–Kier alpha value is -5.29. The summed E-state index contributed by atoms with van der Waals surface area (Å²) in [5.41, 5.74) is 6.47. The van der Waals surface area contributed by atoms with Crippen molar-refractivity contribution in [3.05, 3.63) is 168 Å². The highest BCUT2D eigenvalue weighted by molar-refractivity contribution is 6.09. The first-order valence-electron chi connectivity index (χ1n) is 14.0. The number of benzene rings is 5. The van der Waals surface area contributed by atoms with Gasteiger partial charge in [0.15, 0.2) is 11.6 Å². The molecule has 0 saturated heterocycles. The van der Waals surface area contributed by atoms with Gasteiger partial charge in [0.05, 0.1) is 5.69 Å². The van der Waals surface area contributed by atoms with Crippen molar-refractivity contribution in [3.8, 4) is 0 Å². The predicted octanol–water partition coefficient (Wildman–Crippen LogP) is 8.46. The van der Waals surface area contributed by atoms with E-state index >= 15 is 0 Å². The van der Waals surface area contributed by atoms with Gasteiger partial charge in [-0.25, -0.2) is 0 Å². The molecule has 5 aromatic carbocycles. The van der Waals surface area contributed by atoms with E-state index in [1.54, 1.807) is 4.90 Å². The van der Waals surface area contributed by atoms with E-state index in [9.17, 15) is 4.79 Å². The summed E-state index contributed by atoms with van der Waals surface area (Å²) in [5.74, 6) is 1.27. The number of carbonyl (C=O) groups excluding carboxylic acids is 1. The summed E-state index contributed by atoms with van der Waals surface area (Å²) in [6, 6.07) is 46.0. The van der Waals surface area contributed by atoms with Gasteiger partial charge in [-0.1, -0.05) is 90.0 Å². The van der Waals surface area contributed by atoms with E-state index in [-0.39, 0.29) is 5.91 Å². The maximum Gasteiger partial charge on any atom is 0.264 e. The lowest BCUT2D eigenvalue weighted by atomic mass is 10.1. The number of hydrogen-bond acceptors (Lipinski definition) is 4. The number of nitrogens with one attached hydrogen (secondary N) is 1. The molecule has 0 bridgehead atoms. The van der Waals surface area contributed by atoms with Crippen LogP contribution in [0.25, 0.3) is 0 Å². The maximum atomic E-state index is 14.6. The lowest BCUT2D eigenvalue weighted by molar-refractivity contribution is 0.0994. The van der Waals surface area contributed by atoms with E-state index in [1.165, 1.54) is 5.56 Å². The van der Waals surface area contributed by atoms with E-state index in [4.69, 9.17) is 0 Å². The molecule has 0 fully saturated rings. The van der Waals surface area contributed by atoms with Crippen LogP contribution in [0.15, 0.2) is 151 Å². The van der Waals surface area contributed by atoms with Gasteiger partial charge in [0.25, 0.3) is 5.91 Å². The Kier molecular flexibility index (Phi) is 8.69. The van der Waals surface area contributed by atoms with Crippen molar-refractivity contribution in [1.82, 2.24) is 0 Å². The molecule has 0 aromatic heterocycles. The molecule has 5 heteroatoms. The average molecular weight is 553 g/mol. The van der Waals surface area contributed by atoms with E-state index in [0.29, 0.717) is 11.4 Å². The number of amides is 1. The molecular formula is C37H36N4O. The molecule has 0 unspecified atom stereocenters. The Morgan fingerprint density at radius 3 is 1.50 bits per heavy atom. The fourth-order valence-corrected chi connectivity index (χ4v) is 4.77. The first-order valence-corrected chi connectivity index (χ1v) is 14.0. The van der Waals surface area contributed by atoms with Crippen LogP contribution in [0.1, 0.15) is 21.5 Å². The molecule has 0 aliphatic heterocycles. The molecule has 5 rings (SSSR count). The second-order valence-electron chi connectivity index (χ2n) is 10.3. The van der Waals surface area contributed by atoms with Crippen molar-refractivity contribution in [2.45, 2.75) is 13.8 Å². The average Bonchev–Trinajstić information content (AvgIpc) is 3.04. The zero-order chi connectivity index (χ0) is 29.5. The Morgan fingerprint density at radius 1 is 0.524 bits per heavy atom. The number of rotatable bonds is 9. The van der Waals surface area contributed by atoms with Crippen LogP contribution in [0.2, 0.25) is 0 Å². The molecular weight excluding hydrogens is 516 g/mol. The number of hydrogen-bond donors (Lipinski definition) is 1. The van der Waals surface area contributed by atoms with Gasteiger partial charge in [-0.2, -0.15) is 0 Å². The van der Waals surface area contributed by atoms with Crippen molar-refractivity contribution >= 4 is 28.7 Å². The van der Waals surface area contributed by atoms with Gasteiger partial charge in [-0.3, -0.25) is 9.69 Å². The maximum absolute atomic E-state index is 14.6. The van der Waals surface area contributed by atoms with Crippen molar-refractivity contribution < 1.29 is 4.79 Å². The third kappa shape index (κ3) is 6.37. The number of nitrogens with zero attached hydrogens (tertiary/aromatic N) is 3. The zero-order valence-corrected chi connectivity index (χ0v) is 24.5. The van der Waals surface area contributed by atoms with Crippen LogP contribution in [0, 0.1) is 13.8 Å². The Labute approximate surface area is 249 Å². The van der Waals surface area contributed by atoms with Crippen LogP contribution < -0.4 is 20.0 Å². The second kappa shape index (κ2) is 12.9. The summed E-state index contributed by atoms with van der Waals surface area (Å²) in [4.78, 5) is 20.5. The SMILES string of the molecule is Cc1ccc(N/C(=C(/N(C)c2ccccc2)N(C(=O)c2ccccc2)c2ccc(C)cc2)N(C)c2ccccc2)cc1. The van der Waals surface area contributed by atoms with Gasteiger partial charge >= 0.3 is 0 Å². The van der Waals surface area contributed by atoms with Gasteiger partial charge in [0, 0.05) is 36.7 Å². The molecule has 0 atom stereocenters. The van der Waals surface area contributed by atoms with Gasteiger partial charge in [0.1, 0.15) is 0 Å². The van der Waals surface area contributed by atoms with Crippen LogP contribution >= 0.6 is 0 Å². The molecule has 5 aromatic rings. The third-order valence-corrected chi connectivity index (χ3v) is 7.19. The highest BCUT2D eigenvalue weighted by Gasteiger charge is 2.30. The highest BCUT2D eigenvalue weighted by Crippen LogP contribution is 2.32. The first kappa shape index (κ1) is 28.2. The van der Waals surface area contributed by atoms with Crippen molar-refractivity contribution in [1.29, 1.82) is 0 Å². The predicted molar refractivity (Wildman–Crippen MR) is 176 cm³/mol. The van der Waals surface area contributed by atoms with Crippen molar-refractivity contribution in [3.63, 3.8) is 0 Å². The molecule has 0 radical (unpaired) electrons. The van der Waals surface area contributed by atoms with E-state index in [1.807, 2.05) is 124 Å². The fraction of sp³-hybridized carbons (Fsp3) is 0.108. The lowest BCUT2D eigenvalue weighted by Gasteiger charge is -2.37. The van der Waals surface area contributed by atoms with Crippen LogP contribution in [0.3, 0.4) is 0 Å². The second-order valence-corrected chi connectivity index (χ2v) is 10.3. The molecule has 0 aliphatic rings. The van der Waals surface area contributed by atoms with Gasteiger partial charge < -0.3 is 15.1 Å². The molecule has 0 aliphatic carbocycles. The van der Waals surface area contributed by atoms with Crippen molar-refractivity contribution in [2.24, 2.45) is 0 Å². The highest BCUT2D eigenvalue weighted by atomic mass is 16.2. The smallest absolute Gasteiger partial charge is 0.264 e. The summed E-state index contributed by atoms with van der Waals surface area (Å²) in [6.07, 6.45) is 0. The largest absolute Gasteiger partial charge is 0.339 e. The topological polar surface area (TPSA) is 38.8 Å². The number of para-hydroxylation sites is 2. The third-order valence-electron chi connectivity index (χ3n) is 7.19. The molecule has 0 saturated carbocycles. The quantitative estimate of drug-likeness (QED) is 0.199. The molecule has 210 valence electrons. The van der Waals surface area contributed by atoms with Crippen molar-refractivity contribution in [2.75, 3.05) is 34.1 Å². The Balaban J connectivity index is 1.82. The summed E-state index contributed by atoms with van der Waals surface area (Å²) >= 11 is 0. The number of anilines is 4. The normalized spacial score (nSPS) is 11.3. The first-order chi connectivity index (χ1) is 20.4. The standard InChI is InChI=1S/C37H36N4O/c1-28-20-24-31(25-21-28)38-35(39(3)32-16-10-6-11-17-32)36(40(4)33-18-12-7-13-19-33)41(34-26-22-29(2)23-27-34)37(42)30-14-8-5-9-15-30/h5-27,38H,1-4H3/b36-35+. The molecule has 42 heavy (non-hydrogen) atoms. The van der Waals surface area contributed by atoms with E-state index < -0.39 is 0 Å². The lowest BCUT2D eigenvalue weighted by Crippen LogP contribution is -2.43. The van der Waals surface area contributed by atoms with Gasteiger partial charge in [-0.05, 0) is 74.5 Å². The Bertz CT molecular complexity index is 1630. The zero-order valence-electron chi connectivity index (χ0n) is 24.5. The van der Waals surface area contributed by atoms with E-state index in [0.717, 1.165) is 34.1 Å².